The molecule has 0 heterocycles. The average Bonchev–Trinajstić information content (AvgIpc) is 1.99. The highest BCUT2D eigenvalue weighted by atomic mass is 35.5. The van der Waals surface area contributed by atoms with Crippen LogP contribution in [-0.4, -0.2) is 16.2 Å². The van der Waals surface area contributed by atoms with Crippen LogP contribution in [0.2, 0.25) is 5.02 Å². The third-order valence-electron chi connectivity index (χ3n) is 1.73. The smallest absolute Gasteiger partial charge is 0.309 e. The minimum Gasteiger partial charge on any atom is -0.507 e. The van der Waals surface area contributed by atoms with Gasteiger partial charge in [-0.15, -0.1) is 0 Å². The molecule has 0 amide bonds. The van der Waals surface area contributed by atoms with Gasteiger partial charge in [-0.1, -0.05) is 17.7 Å². The van der Waals surface area contributed by atoms with Crippen LogP contribution in [0, 0.1) is 0 Å². The number of carboxylic acids is 1. The van der Waals surface area contributed by atoms with Crippen molar-refractivity contribution in [2.75, 3.05) is 0 Å². The molecular formula is C9H7ClF2O3. The molecule has 1 aromatic rings. The molecule has 0 aliphatic heterocycles. The Morgan fingerprint density at radius 1 is 1.47 bits per heavy atom. The number of phenols is 1. The number of benzene rings is 1. The Kier molecular flexibility index (Phi) is 3.14. The Bertz CT molecular complexity index is 373. The minimum absolute atomic E-state index is 0.360. The lowest BCUT2D eigenvalue weighted by molar-refractivity contribution is -0.145. The molecule has 0 aromatic heterocycles. The van der Waals surface area contributed by atoms with E-state index in [0.29, 0.717) is 0 Å². The first-order valence-electron chi connectivity index (χ1n) is 3.92. The SMILES string of the molecule is O=C(O)CC(F)(F)c1c(O)cccc1Cl. The topological polar surface area (TPSA) is 57.5 Å². The van der Waals surface area contributed by atoms with E-state index < -0.39 is 29.6 Å². The van der Waals surface area contributed by atoms with Crippen molar-refractivity contribution in [2.45, 2.75) is 12.3 Å². The van der Waals surface area contributed by atoms with E-state index in [1.54, 1.807) is 0 Å². The fourth-order valence-corrected chi connectivity index (χ4v) is 1.46. The highest BCUT2D eigenvalue weighted by Crippen LogP contribution is 2.41. The molecule has 0 aliphatic carbocycles. The predicted octanol–water partition coefficient (Wildman–Crippen LogP) is 2.61. The van der Waals surface area contributed by atoms with Crippen LogP contribution in [0.15, 0.2) is 18.2 Å². The first-order chi connectivity index (χ1) is 6.84. The number of carboxylic acid groups (broad SMARTS) is 1. The normalized spacial score (nSPS) is 11.4. The Labute approximate surface area is 88.9 Å². The van der Waals surface area contributed by atoms with Gasteiger partial charge in [0.15, 0.2) is 0 Å². The van der Waals surface area contributed by atoms with Gasteiger partial charge in [-0.05, 0) is 12.1 Å². The van der Waals surface area contributed by atoms with Crippen molar-refractivity contribution in [2.24, 2.45) is 0 Å². The lowest BCUT2D eigenvalue weighted by atomic mass is 10.0. The second-order valence-corrected chi connectivity index (χ2v) is 3.32. The van der Waals surface area contributed by atoms with E-state index in [4.69, 9.17) is 16.7 Å². The van der Waals surface area contributed by atoms with Crippen LogP contribution < -0.4 is 0 Å². The fraction of sp³-hybridized carbons (Fsp3) is 0.222. The van der Waals surface area contributed by atoms with Gasteiger partial charge in [-0.25, -0.2) is 8.78 Å². The van der Waals surface area contributed by atoms with Crippen LogP contribution in [0.4, 0.5) is 8.78 Å². The molecule has 82 valence electrons. The number of rotatable bonds is 3. The largest absolute Gasteiger partial charge is 0.507 e. The number of carbonyl (C=O) groups is 1. The number of alkyl halides is 2. The number of halogens is 3. The maximum Gasteiger partial charge on any atom is 0.309 e. The van der Waals surface area contributed by atoms with Crippen molar-refractivity contribution in [1.82, 2.24) is 0 Å². The van der Waals surface area contributed by atoms with Gasteiger partial charge in [-0.3, -0.25) is 4.79 Å². The van der Waals surface area contributed by atoms with Crippen LogP contribution in [-0.2, 0) is 10.7 Å². The summed E-state index contributed by atoms with van der Waals surface area (Å²) in [6, 6.07) is 3.47. The highest BCUT2D eigenvalue weighted by molar-refractivity contribution is 6.31. The zero-order chi connectivity index (χ0) is 11.6. The fourth-order valence-electron chi connectivity index (χ4n) is 1.15. The summed E-state index contributed by atoms with van der Waals surface area (Å²) in [4.78, 5) is 10.2. The maximum absolute atomic E-state index is 13.3. The molecule has 1 aromatic carbocycles. The molecule has 2 N–H and O–H groups in total. The molecular weight excluding hydrogens is 230 g/mol. The summed E-state index contributed by atoms with van der Waals surface area (Å²) in [6.07, 6.45) is -1.41. The molecule has 0 aliphatic rings. The molecule has 0 bridgehead atoms. The number of aliphatic carboxylic acids is 1. The van der Waals surface area contributed by atoms with Gasteiger partial charge in [0, 0.05) is 0 Å². The van der Waals surface area contributed by atoms with Gasteiger partial charge >= 0.3 is 5.97 Å². The monoisotopic (exact) mass is 236 g/mol. The quantitative estimate of drug-likeness (QED) is 0.848. The van der Waals surface area contributed by atoms with Crippen molar-refractivity contribution >= 4 is 17.6 Å². The van der Waals surface area contributed by atoms with Gasteiger partial charge in [0.1, 0.15) is 12.2 Å². The van der Waals surface area contributed by atoms with Crippen LogP contribution in [0.5, 0.6) is 5.75 Å². The van der Waals surface area contributed by atoms with Gasteiger partial charge in [0.25, 0.3) is 5.92 Å². The summed E-state index contributed by atoms with van der Waals surface area (Å²) < 4.78 is 26.6. The Balaban J connectivity index is 3.19. The van der Waals surface area contributed by atoms with Crippen LogP contribution in [0.1, 0.15) is 12.0 Å². The van der Waals surface area contributed by atoms with Crippen molar-refractivity contribution in [3.05, 3.63) is 28.8 Å². The number of hydrogen-bond acceptors (Lipinski definition) is 2. The third-order valence-corrected chi connectivity index (χ3v) is 2.05. The zero-order valence-electron chi connectivity index (χ0n) is 7.38. The van der Waals surface area contributed by atoms with E-state index in [2.05, 4.69) is 0 Å². The van der Waals surface area contributed by atoms with Crippen LogP contribution in [0.25, 0.3) is 0 Å². The van der Waals surface area contributed by atoms with Crippen LogP contribution in [0.3, 0.4) is 0 Å². The van der Waals surface area contributed by atoms with Crippen molar-refractivity contribution < 1.29 is 23.8 Å². The second-order valence-electron chi connectivity index (χ2n) is 2.91. The molecule has 15 heavy (non-hydrogen) atoms. The standard InChI is InChI=1S/C9H7ClF2O3/c10-5-2-1-3-6(13)8(5)9(11,12)4-7(14)15/h1-3,13H,4H2,(H,14,15). The molecule has 0 spiro atoms. The summed E-state index contributed by atoms with van der Waals surface area (Å²) in [7, 11) is 0. The first-order valence-corrected chi connectivity index (χ1v) is 4.30. The number of aromatic hydroxyl groups is 1. The third kappa shape index (κ3) is 2.56. The first kappa shape index (κ1) is 11.7. The predicted molar refractivity (Wildman–Crippen MR) is 49.3 cm³/mol. The van der Waals surface area contributed by atoms with E-state index in [0.717, 1.165) is 12.1 Å². The van der Waals surface area contributed by atoms with Crippen LogP contribution >= 0.6 is 11.6 Å². The summed E-state index contributed by atoms with van der Waals surface area (Å²) in [6.45, 7) is 0. The zero-order valence-corrected chi connectivity index (χ0v) is 8.13. The molecule has 6 heteroatoms. The summed E-state index contributed by atoms with van der Waals surface area (Å²) in [5.41, 5.74) is -0.853. The van der Waals surface area contributed by atoms with E-state index in [-0.39, 0.29) is 5.02 Å². The van der Waals surface area contributed by atoms with E-state index in [9.17, 15) is 18.7 Å². The van der Waals surface area contributed by atoms with Gasteiger partial charge in [0.2, 0.25) is 0 Å². The Morgan fingerprint density at radius 2 is 2.07 bits per heavy atom. The molecule has 0 fully saturated rings. The number of hydrogen-bond donors (Lipinski definition) is 2. The molecule has 0 atom stereocenters. The summed E-state index contributed by atoms with van der Waals surface area (Å²) >= 11 is 5.46. The minimum atomic E-state index is -3.69. The van der Waals surface area contributed by atoms with Crippen molar-refractivity contribution in [3.63, 3.8) is 0 Å². The maximum atomic E-state index is 13.3. The molecule has 1 rings (SSSR count). The van der Waals surface area contributed by atoms with Crippen molar-refractivity contribution in [3.8, 4) is 5.75 Å². The Morgan fingerprint density at radius 3 is 2.53 bits per heavy atom. The van der Waals surface area contributed by atoms with Crippen molar-refractivity contribution in [1.29, 1.82) is 0 Å². The summed E-state index contributed by atoms with van der Waals surface area (Å²) in [5, 5.41) is 17.1. The van der Waals surface area contributed by atoms with E-state index >= 15 is 0 Å². The summed E-state index contributed by atoms with van der Waals surface area (Å²) in [5.74, 6) is -6.07. The van der Waals surface area contributed by atoms with E-state index in [1.807, 2.05) is 0 Å². The average molecular weight is 237 g/mol. The highest BCUT2D eigenvalue weighted by Gasteiger charge is 2.39. The molecule has 0 radical (unpaired) electrons. The lowest BCUT2D eigenvalue weighted by Gasteiger charge is -2.16. The number of phenolic OH excluding ortho intramolecular Hbond substituents is 1. The van der Waals surface area contributed by atoms with Gasteiger partial charge in [0.05, 0.1) is 10.6 Å². The van der Waals surface area contributed by atoms with E-state index in [1.165, 1.54) is 6.07 Å². The molecule has 0 saturated heterocycles. The lowest BCUT2D eigenvalue weighted by Crippen LogP contribution is -2.19. The molecule has 0 saturated carbocycles. The Hall–Kier alpha value is -1.36. The second kappa shape index (κ2) is 4.02. The van der Waals surface area contributed by atoms with Gasteiger partial charge in [-0.2, -0.15) is 0 Å². The molecule has 3 nitrogen and oxygen atoms in total. The molecule has 0 unspecified atom stereocenters. The van der Waals surface area contributed by atoms with Gasteiger partial charge < -0.3 is 10.2 Å².